The van der Waals surface area contributed by atoms with Crippen LogP contribution in [0.4, 0.5) is 16.3 Å². The third-order valence-electron chi connectivity index (χ3n) is 5.10. The van der Waals surface area contributed by atoms with Crippen molar-refractivity contribution in [3.8, 4) is 0 Å². The van der Waals surface area contributed by atoms with E-state index in [1.165, 1.54) is 0 Å². The van der Waals surface area contributed by atoms with E-state index >= 15 is 0 Å². The van der Waals surface area contributed by atoms with Gasteiger partial charge in [-0.25, -0.2) is 14.3 Å². The molecule has 1 atom stereocenters. The molecular weight excluding hydrogens is 497 g/mol. The Morgan fingerprint density at radius 2 is 2.13 bits per heavy atom. The fourth-order valence-corrected chi connectivity index (χ4v) is 3.80. The number of halogens is 1. The third kappa shape index (κ3) is 5.75. The molecule has 0 saturated carbocycles. The maximum absolute atomic E-state index is 13.3. The Labute approximate surface area is 191 Å². The SMILES string of the molecule is CCC(C)Nc1cc(N(CC2CCOCC2)C(=O)OC(C)(C)C)c2ncc(I)n2n1. The fourth-order valence-electron chi connectivity index (χ4n) is 3.32. The molecule has 1 amide bonds. The number of imidazole rings is 1. The minimum absolute atomic E-state index is 0.259. The summed E-state index contributed by atoms with van der Waals surface area (Å²) in [6, 6.07) is 2.17. The minimum atomic E-state index is -0.587. The number of rotatable bonds is 6. The molecule has 1 fully saturated rings. The van der Waals surface area contributed by atoms with Crippen molar-refractivity contribution in [3.05, 3.63) is 16.0 Å². The number of hydrogen-bond acceptors (Lipinski definition) is 6. The highest BCUT2D eigenvalue weighted by Crippen LogP contribution is 2.29. The van der Waals surface area contributed by atoms with Crippen molar-refractivity contribution in [1.82, 2.24) is 14.6 Å². The van der Waals surface area contributed by atoms with Gasteiger partial charge in [0.05, 0.1) is 11.9 Å². The van der Waals surface area contributed by atoms with Crippen LogP contribution in [0.2, 0.25) is 0 Å². The maximum atomic E-state index is 13.3. The quantitative estimate of drug-likeness (QED) is 0.546. The molecule has 2 aromatic rings. The van der Waals surface area contributed by atoms with Crippen molar-refractivity contribution in [3.63, 3.8) is 0 Å². The number of aromatic nitrogens is 3. The van der Waals surface area contributed by atoms with Gasteiger partial charge in [0.15, 0.2) is 5.65 Å². The zero-order valence-corrected chi connectivity index (χ0v) is 20.6. The molecule has 1 saturated heterocycles. The summed E-state index contributed by atoms with van der Waals surface area (Å²) in [7, 11) is 0. The predicted molar refractivity (Wildman–Crippen MR) is 126 cm³/mol. The second-order valence-corrected chi connectivity index (χ2v) is 9.94. The molecule has 166 valence electrons. The van der Waals surface area contributed by atoms with Crippen molar-refractivity contribution in [2.24, 2.45) is 5.92 Å². The lowest BCUT2D eigenvalue weighted by atomic mass is 9.99. The van der Waals surface area contributed by atoms with Gasteiger partial charge >= 0.3 is 6.09 Å². The highest BCUT2D eigenvalue weighted by Gasteiger charge is 2.29. The molecule has 2 aromatic heterocycles. The average molecular weight is 529 g/mol. The standard InChI is InChI=1S/C21H32IN5O3/c1-6-14(2)24-18-11-16(19-23-12-17(22)27(19)25-18)26(20(28)30-21(3,4)5)13-15-7-9-29-10-8-15/h11-12,14-15H,6-10,13H2,1-5H3,(H,24,25). The molecule has 30 heavy (non-hydrogen) atoms. The van der Waals surface area contributed by atoms with Gasteiger partial charge in [0.25, 0.3) is 0 Å². The monoisotopic (exact) mass is 529 g/mol. The van der Waals surface area contributed by atoms with Crippen LogP contribution in [0.5, 0.6) is 0 Å². The second kappa shape index (κ2) is 9.67. The number of amides is 1. The summed E-state index contributed by atoms with van der Waals surface area (Å²) in [4.78, 5) is 19.5. The van der Waals surface area contributed by atoms with Crippen LogP contribution in [0.25, 0.3) is 5.65 Å². The Bertz CT molecular complexity index is 873. The average Bonchev–Trinajstić information content (AvgIpc) is 3.06. The molecule has 0 radical (unpaired) electrons. The first-order chi connectivity index (χ1) is 14.2. The molecule has 0 bridgehead atoms. The summed E-state index contributed by atoms with van der Waals surface area (Å²) in [5, 5.41) is 8.11. The van der Waals surface area contributed by atoms with Gasteiger partial charge in [0.1, 0.15) is 15.1 Å². The molecule has 0 aromatic carbocycles. The van der Waals surface area contributed by atoms with Crippen LogP contribution in [0, 0.1) is 9.62 Å². The number of carbonyl (C=O) groups is 1. The van der Waals surface area contributed by atoms with Crippen molar-refractivity contribution in [2.75, 3.05) is 30.0 Å². The van der Waals surface area contributed by atoms with E-state index in [2.05, 4.69) is 51.8 Å². The van der Waals surface area contributed by atoms with E-state index in [-0.39, 0.29) is 12.1 Å². The van der Waals surface area contributed by atoms with Gasteiger partial charge in [-0.15, -0.1) is 5.10 Å². The van der Waals surface area contributed by atoms with Gasteiger partial charge in [0.2, 0.25) is 0 Å². The Morgan fingerprint density at radius 1 is 1.43 bits per heavy atom. The van der Waals surface area contributed by atoms with Crippen molar-refractivity contribution < 1.29 is 14.3 Å². The second-order valence-electron chi connectivity index (χ2n) is 8.83. The summed E-state index contributed by atoms with van der Waals surface area (Å²) in [5.41, 5.74) is 0.766. The highest BCUT2D eigenvalue weighted by atomic mass is 127. The number of carbonyl (C=O) groups excluding carboxylic acids is 1. The van der Waals surface area contributed by atoms with Crippen LogP contribution in [-0.2, 0) is 9.47 Å². The largest absolute Gasteiger partial charge is 0.443 e. The summed E-state index contributed by atoms with van der Waals surface area (Å²) in [5.74, 6) is 1.06. The van der Waals surface area contributed by atoms with Crippen LogP contribution in [0.3, 0.4) is 0 Å². The molecule has 3 heterocycles. The zero-order chi connectivity index (χ0) is 21.9. The molecule has 0 aliphatic carbocycles. The number of nitrogens with one attached hydrogen (secondary N) is 1. The van der Waals surface area contributed by atoms with E-state index in [9.17, 15) is 4.79 Å². The lowest BCUT2D eigenvalue weighted by Crippen LogP contribution is -2.41. The maximum Gasteiger partial charge on any atom is 0.414 e. The number of fused-ring (bicyclic) bond motifs is 1. The van der Waals surface area contributed by atoms with Crippen molar-refractivity contribution in [1.29, 1.82) is 0 Å². The fraction of sp³-hybridized carbons (Fsp3) is 0.667. The van der Waals surface area contributed by atoms with Crippen molar-refractivity contribution >= 4 is 45.8 Å². The van der Waals surface area contributed by atoms with Gasteiger partial charge in [-0.3, -0.25) is 4.90 Å². The van der Waals surface area contributed by atoms with Crippen LogP contribution in [0.15, 0.2) is 12.3 Å². The molecule has 1 aliphatic heterocycles. The first-order valence-corrected chi connectivity index (χ1v) is 11.6. The zero-order valence-electron chi connectivity index (χ0n) is 18.4. The molecular formula is C21H32IN5O3. The Balaban J connectivity index is 2.04. The topological polar surface area (TPSA) is 81.0 Å². The first kappa shape index (κ1) is 23.1. The number of nitrogens with zero attached hydrogens (tertiary/aromatic N) is 4. The van der Waals surface area contributed by atoms with E-state index in [1.54, 1.807) is 15.6 Å². The summed E-state index contributed by atoms with van der Waals surface area (Å²) in [6.07, 6.45) is 4.21. The highest BCUT2D eigenvalue weighted by molar-refractivity contribution is 14.1. The number of hydrogen-bond donors (Lipinski definition) is 1. The van der Waals surface area contributed by atoms with Crippen LogP contribution >= 0.6 is 22.6 Å². The summed E-state index contributed by atoms with van der Waals surface area (Å²) >= 11 is 2.21. The summed E-state index contributed by atoms with van der Waals surface area (Å²) in [6.45, 7) is 11.9. The normalized spacial score (nSPS) is 16.5. The third-order valence-corrected chi connectivity index (χ3v) is 5.84. The van der Waals surface area contributed by atoms with Gasteiger partial charge in [-0.05, 0) is 75.5 Å². The van der Waals surface area contributed by atoms with E-state index in [4.69, 9.17) is 9.47 Å². The van der Waals surface area contributed by atoms with E-state index in [1.807, 2.05) is 26.8 Å². The van der Waals surface area contributed by atoms with E-state index in [0.717, 1.165) is 36.2 Å². The molecule has 0 spiro atoms. The Morgan fingerprint density at radius 3 is 2.77 bits per heavy atom. The predicted octanol–water partition coefficient (Wildman–Crippen LogP) is 4.71. The lowest BCUT2D eigenvalue weighted by Gasteiger charge is -2.32. The number of ether oxygens (including phenoxy) is 2. The molecule has 3 rings (SSSR count). The Hall–Kier alpha value is -1.62. The molecule has 1 aliphatic rings. The number of anilines is 2. The van der Waals surface area contributed by atoms with E-state index < -0.39 is 5.60 Å². The minimum Gasteiger partial charge on any atom is -0.443 e. The van der Waals surface area contributed by atoms with Crippen LogP contribution < -0.4 is 10.2 Å². The van der Waals surface area contributed by atoms with Gasteiger partial charge < -0.3 is 14.8 Å². The van der Waals surface area contributed by atoms with Crippen molar-refractivity contribution in [2.45, 2.75) is 65.5 Å². The smallest absolute Gasteiger partial charge is 0.414 e. The Kier molecular flexibility index (Phi) is 7.43. The van der Waals surface area contributed by atoms with E-state index in [0.29, 0.717) is 29.6 Å². The lowest BCUT2D eigenvalue weighted by molar-refractivity contribution is 0.0515. The van der Waals surface area contributed by atoms with Gasteiger partial charge in [-0.2, -0.15) is 0 Å². The van der Waals surface area contributed by atoms with Crippen LogP contribution in [-0.4, -0.2) is 52.1 Å². The molecule has 8 nitrogen and oxygen atoms in total. The molecule has 9 heteroatoms. The van der Waals surface area contributed by atoms with Crippen LogP contribution in [0.1, 0.15) is 53.9 Å². The summed E-state index contributed by atoms with van der Waals surface area (Å²) < 4.78 is 13.9. The van der Waals surface area contributed by atoms with Gasteiger partial charge in [0, 0.05) is 31.9 Å². The first-order valence-electron chi connectivity index (χ1n) is 10.6. The molecule has 1 unspecified atom stereocenters. The van der Waals surface area contributed by atoms with Gasteiger partial charge in [-0.1, -0.05) is 6.92 Å². The molecule has 1 N–H and O–H groups in total.